The van der Waals surface area contributed by atoms with Crippen LogP contribution < -0.4 is 0 Å². The third-order valence-corrected chi connectivity index (χ3v) is 3.73. The zero-order valence-electron chi connectivity index (χ0n) is 11.0. The van der Waals surface area contributed by atoms with Crippen LogP contribution in [0.15, 0.2) is 0 Å². The summed E-state index contributed by atoms with van der Waals surface area (Å²) in [7, 11) is 0. The molecule has 1 saturated carbocycles. The predicted molar refractivity (Wildman–Crippen MR) is 64.8 cm³/mol. The van der Waals surface area contributed by atoms with Gasteiger partial charge in [-0.05, 0) is 40.0 Å². The van der Waals surface area contributed by atoms with E-state index in [4.69, 9.17) is 4.74 Å². The van der Waals surface area contributed by atoms with Crippen LogP contribution in [-0.4, -0.2) is 39.9 Å². The summed E-state index contributed by atoms with van der Waals surface area (Å²) in [5.41, 5.74) is -0.591. The predicted octanol–water partition coefficient (Wildman–Crippen LogP) is 2.30. The lowest BCUT2D eigenvalue weighted by atomic mass is 9.94. The Bertz CT molecular complexity index is 302. The van der Waals surface area contributed by atoms with Crippen LogP contribution in [0.1, 0.15) is 52.9 Å². The van der Waals surface area contributed by atoms with Crippen LogP contribution in [0, 0.1) is 0 Å². The first-order valence-corrected chi connectivity index (χ1v) is 6.51. The van der Waals surface area contributed by atoms with Crippen molar-refractivity contribution >= 4 is 6.09 Å². The summed E-state index contributed by atoms with van der Waals surface area (Å²) in [4.78, 5) is 13.9. The molecule has 1 spiro atoms. The normalized spacial score (nSPS) is 27.8. The second-order valence-electron chi connectivity index (χ2n) is 6.38. The monoisotopic (exact) mass is 241 g/mol. The summed E-state index contributed by atoms with van der Waals surface area (Å²) >= 11 is 0. The Morgan fingerprint density at radius 1 is 1.35 bits per heavy atom. The third kappa shape index (κ3) is 2.57. The topological polar surface area (TPSA) is 49.8 Å². The average Bonchev–Trinajstić information content (AvgIpc) is 2.72. The van der Waals surface area contributed by atoms with E-state index in [0.717, 1.165) is 25.7 Å². The standard InChI is InChI=1S/C13H23NO3/c1-12(2,3)17-11(16)14-9-10(15)8-13(14)6-4-5-7-13/h10,15H,4-9H2,1-3H3. The smallest absolute Gasteiger partial charge is 0.410 e. The summed E-state index contributed by atoms with van der Waals surface area (Å²) in [6.45, 7) is 6.05. The van der Waals surface area contributed by atoms with Gasteiger partial charge in [-0.25, -0.2) is 4.79 Å². The molecule has 1 heterocycles. The molecule has 1 amide bonds. The van der Waals surface area contributed by atoms with Gasteiger partial charge < -0.3 is 9.84 Å². The lowest BCUT2D eigenvalue weighted by Crippen LogP contribution is -2.47. The summed E-state index contributed by atoms with van der Waals surface area (Å²) in [5, 5.41) is 9.82. The van der Waals surface area contributed by atoms with Crippen molar-refractivity contribution in [3.05, 3.63) is 0 Å². The van der Waals surface area contributed by atoms with E-state index in [9.17, 15) is 9.90 Å². The molecule has 2 aliphatic rings. The minimum atomic E-state index is -0.468. The van der Waals surface area contributed by atoms with Crippen molar-refractivity contribution in [1.82, 2.24) is 4.90 Å². The fraction of sp³-hybridized carbons (Fsp3) is 0.923. The van der Waals surface area contributed by atoms with Gasteiger partial charge in [-0.3, -0.25) is 4.90 Å². The number of likely N-dealkylation sites (tertiary alicyclic amines) is 1. The highest BCUT2D eigenvalue weighted by Crippen LogP contribution is 2.43. The molecule has 1 aliphatic heterocycles. The van der Waals surface area contributed by atoms with Crippen molar-refractivity contribution in [2.75, 3.05) is 6.54 Å². The molecule has 17 heavy (non-hydrogen) atoms. The van der Waals surface area contributed by atoms with E-state index in [0.29, 0.717) is 13.0 Å². The Balaban J connectivity index is 2.10. The van der Waals surface area contributed by atoms with Crippen molar-refractivity contribution < 1.29 is 14.6 Å². The average molecular weight is 241 g/mol. The van der Waals surface area contributed by atoms with E-state index in [1.807, 2.05) is 20.8 Å². The lowest BCUT2D eigenvalue weighted by Gasteiger charge is -2.35. The molecular weight excluding hydrogens is 218 g/mol. The van der Waals surface area contributed by atoms with Crippen molar-refractivity contribution in [2.24, 2.45) is 0 Å². The molecule has 1 saturated heterocycles. The van der Waals surface area contributed by atoms with Crippen LogP contribution in [0.2, 0.25) is 0 Å². The number of hydrogen-bond acceptors (Lipinski definition) is 3. The van der Waals surface area contributed by atoms with Crippen molar-refractivity contribution in [3.63, 3.8) is 0 Å². The highest BCUT2D eigenvalue weighted by Gasteiger charge is 2.50. The first-order valence-electron chi connectivity index (χ1n) is 6.51. The van der Waals surface area contributed by atoms with E-state index in [-0.39, 0.29) is 17.7 Å². The second kappa shape index (κ2) is 4.16. The summed E-state index contributed by atoms with van der Waals surface area (Å²) in [6.07, 6.45) is 4.35. The third-order valence-electron chi connectivity index (χ3n) is 3.73. The molecule has 1 aliphatic carbocycles. The molecule has 0 aromatic rings. The first-order chi connectivity index (χ1) is 7.82. The molecule has 1 atom stereocenters. The summed E-state index contributed by atoms with van der Waals surface area (Å²) in [6, 6.07) is 0. The fourth-order valence-electron chi connectivity index (χ4n) is 3.11. The molecule has 0 aromatic carbocycles. The number of β-amino-alcohol motifs (C(OH)–C–C–N with tert-alkyl or cyclic N) is 1. The second-order valence-corrected chi connectivity index (χ2v) is 6.38. The van der Waals surface area contributed by atoms with Gasteiger partial charge in [0.05, 0.1) is 12.6 Å². The highest BCUT2D eigenvalue weighted by molar-refractivity contribution is 5.70. The zero-order chi connectivity index (χ0) is 12.7. The number of aliphatic hydroxyl groups excluding tert-OH is 1. The van der Waals surface area contributed by atoms with E-state index in [1.165, 1.54) is 0 Å². The van der Waals surface area contributed by atoms with Crippen molar-refractivity contribution in [2.45, 2.75) is 70.1 Å². The lowest BCUT2D eigenvalue weighted by molar-refractivity contribution is 0.00803. The maximum Gasteiger partial charge on any atom is 0.410 e. The van der Waals surface area contributed by atoms with Crippen LogP contribution in [0.4, 0.5) is 4.79 Å². The summed E-state index contributed by atoms with van der Waals surface area (Å²) in [5.74, 6) is 0. The molecule has 1 unspecified atom stereocenters. The molecule has 2 fully saturated rings. The molecule has 1 N–H and O–H groups in total. The Hall–Kier alpha value is -0.770. The Labute approximate surface area is 103 Å². The maximum absolute atomic E-state index is 12.2. The van der Waals surface area contributed by atoms with Crippen molar-refractivity contribution in [3.8, 4) is 0 Å². The van der Waals surface area contributed by atoms with E-state index >= 15 is 0 Å². The quantitative estimate of drug-likeness (QED) is 0.708. The van der Waals surface area contributed by atoms with E-state index < -0.39 is 5.60 Å². The summed E-state index contributed by atoms with van der Waals surface area (Å²) < 4.78 is 5.43. The Morgan fingerprint density at radius 2 is 1.94 bits per heavy atom. The molecule has 98 valence electrons. The largest absolute Gasteiger partial charge is 0.444 e. The number of aliphatic hydroxyl groups is 1. The maximum atomic E-state index is 12.2. The van der Waals surface area contributed by atoms with E-state index in [1.54, 1.807) is 4.90 Å². The van der Waals surface area contributed by atoms with Gasteiger partial charge in [0.2, 0.25) is 0 Å². The Kier molecular flexibility index (Phi) is 3.10. The highest BCUT2D eigenvalue weighted by atomic mass is 16.6. The van der Waals surface area contributed by atoms with Gasteiger partial charge >= 0.3 is 6.09 Å². The van der Waals surface area contributed by atoms with Crippen molar-refractivity contribution in [1.29, 1.82) is 0 Å². The van der Waals surface area contributed by atoms with Crippen LogP contribution in [0.25, 0.3) is 0 Å². The molecule has 2 rings (SSSR count). The number of carbonyl (C=O) groups excluding carboxylic acids is 1. The molecule has 0 aromatic heterocycles. The van der Waals surface area contributed by atoms with Crippen LogP contribution >= 0.6 is 0 Å². The molecule has 0 bridgehead atoms. The van der Waals surface area contributed by atoms with Gasteiger partial charge in [0.15, 0.2) is 0 Å². The molecule has 4 nitrogen and oxygen atoms in total. The molecule has 4 heteroatoms. The number of ether oxygens (including phenoxy) is 1. The van der Waals surface area contributed by atoms with Gasteiger partial charge in [0.1, 0.15) is 5.60 Å². The number of carbonyl (C=O) groups is 1. The van der Waals surface area contributed by atoms with Gasteiger partial charge in [0, 0.05) is 5.54 Å². The van der Waals surface area contributed by atoms with Crippen LogP contribution in [0.3, 0.4) is 0 Å². The SMILES string of the molecule is CC(C)(C)OC(=O)N1CC(O)CC12CCCC2. The van der Waals surface area contributed by atoms with Gasteiger partial charge in [-0.15, -0.1) is 0 Å². The molecular formula is C13H23NO3. The zero-order valence-corrected chi connectivity index (χ0v) is 11.0. The van der Waals surface area contributed by atoms with Crippen LogP contribution in [-0.2, 0) is 4.74 Å². The number of rotatable bonds is 0. The minimum absolute atomic E-state index is 0.123. The van der Waals surface area contributed by atoms with Gasteiger partial charge in [-0.2, -0.15) is 0 Å². The number of hydrogen-bond donors (Lipinski definition) is 1. The van der Waals surface area contributed by atoms with Gasteiger partial charge in [-0.1, -0.05) is 12.8 Å². The number of amides is 1. The Morgan fingerprint density at radius 3 is 2.47 bits per heavy atom. The van der Waals surface area contributed by atoms with E-state index in [2.05, 4.69) is 0 Å². The van der Waals surface area contributed by atoms with Crippen LogP contribution in [0.5, 0.6) is 0 Å². The minimum Gasteiger partial charge on any atom is -0.444 e. The fourth-order valence-corrected chi connectivity index (χ4v) is 3.11. The molecule has 0 radical (unpaired) electrons. The number of nitrogens with zero attached hydrogens (tertiary/aromatic N) is 1. The van der Waals surface area contributed by atoms with Gasteiger partial charge in [0.25, 0.3) is 0 Å². The first kappa shape index (κ1) is 12.7.